The van der Waals surface area contributed by atoms with E-state index in [9.17, 15) is 40.5 Å². The van der Waals surface area contributed by atoms with Crippen molar-refractivity contribution >= 4 is 21.9 Å². The lowest BCUT2D eigenvalue weighted by Gasteiger charge is -2.41. The van der Waals surface area contributed by atoms with Crippen molar-refractivity contribution in [1.29, 1.82) is 0 Å². The molecule has 15 heteroatoms. The van der Waals surface area contributed by atoms with Crippen LogP contribution in [0.5, 0.6) is 23.0 Å². The summed E-state index contributed by atoms with van der Waals surface area (Å²) >= 11 is 0. The summed E-state index contributed by atoms with van der Waals surface area (Å²) in [7, 11) is 2.63. The fraction of sp³-hybridized carbons (Fsp3) is 0.500. The number of hydrogen-bond donors (Lipinski definition) is 7. The van der Waals surface area contributed by atoms with Gasteiger partial charge in [-0.1, -0.05) is 0 Å². The van der Waals surface area contributed by atoms with Crippen LogP contribution in [0.15, 0.2) is 33.5 Å². The summed E-state index contributed by atoms with van der Waals surface area (Å²) in [6.45, 7) is -0.829. The molecule has 2 aliphatic heterocycles. The van der Waals surface area contributed by atoms with Gasteiger partial charge in [0, 0.05) is 12.1 Å². The van der Waals surface area contributed by atoms with E-state index < -0.39 is 67.3 Å². The van der Waals surface area contributed by atoms with Gasteiger partial charge in [-0.25, -0.2) is 0 Å². The van der Waals surface area contributed by atoms with Gasteiger partial charge in [-0.3, -0.25) is 4.79 Å². The normalized spacial score (nSPS) is 32.2. The average molecular weight is 583 g/mol. The third-order valence-corrected chi connectivity index (χ3v) is 7.04. The van der Waals surface area contributed by atoms with Crippen LogP contribution in [0.3, 0.4) is 0 Å². The Bertz CT molecular complexity index is 1460. The number of hydrogen-bond acceptors (Lipinski definition) is 15. The van der Waals surface area contributed by atoms with Crippen LogP contribution in [-0.4, -0.2) is 118 Å². The molecule has 0 amide bonds. The van der Waals surface area contributed by atoms with Crippen molar-refractivity contribution in [3.8, 4) is 23.0 Å². The minimum absolute atomic E-state index is 0.0274. The Kier molecular flexibility index (Phi) is 8.24. The van der Waals surface area contributed by atoms with Crippen LogP contribution in [0.4, 0.5) is 0 Å². The molecule has 2 aromatic carbocycles. The number of aliphatic hydroxyl groups is 6. The highest BCUT2D eigenvalue weighted by Crippen LogP contribution is 2.38. The van der Waals surface area contributed by atoms with Crippen LogP contribution in [-0.2, 0) is 14.2 Å². The number of aromatic hydroxyl groups is 1. The number of phenols is 1. The lowest BCUT2D eigenvalue weighted by molar-refractivity contribution is -0.307. The zero-order valence-corrected chi connectivity index (χ0v) is 21.8. The first kappa shape index (κ1) is 29.2. The molecule has 1 aromatic heterocycles. The summed E-state index contributed by atoms with van der Waals surface area (Å²) in [5.41, 5.74) is -0.521. The third kappa shape index (κ3) is 5.27. The van der Waals surface area contributed by atoms with Crippen molar-refractivity contribution < 1.29 is 68.6 Å². The van der Waals surface area contributed by atoms with Gasteiger partial charge >= 0.3 is 0 Å². The summed E-state index contributed by atoms with van der Waals surface area (Å²) in [6.07, 6.45) is -14.2. The van der Waals surface area contributed by atoms with Crippen molar-refractivity contribution in [3.05, 3.63) is 34.5 Å². The number of methoxy groups -OCH3 is 2. The third-order valence-electron chi connectivity index (χ3n) is 7.04. The minimum atomic E-state index is -1.80. The topological polar surface area (TPSA) is 227 Å². The molecule has 2 saturated heterocycles. The van der Waals surface area contributed by atoms with Gasteiger partial charge in [-0.05, 0) is 12.1 Å². The number of ether oxygens (including phenoxy) is 6. The Morgan fingerprint density at radius 2 is 1.59 bits per heavy atom. The Labute approximate surface area is 231 Å². The van der Waals surface area contributed by atoms with Gasteiger partial charge in [0.2, 0.25) is 11.7 Å². The maximum absolute atomic E-state index is 13.6. The molecule has 3 heterocycles. The average Bonchev–Trinajstić information content (AvgIpc) is 2.96. The lowest BCUT2D eigenvalue weighted by Crippen LogP contribution is -2.61. The van der Waals surface area contributed by atoms with E-state index >= 15 is 0 Å². The highest BCUT2D eigenvalue weighted by atomic mass is 16.7. The fourth-order valence-electron chi connectivity index (χ4n) is 4.78. The van der Waals surface area contributed by atoms with E-state index in [2.05, 4.69) is 0 Å². The zero-order chi connectivity index (χ0) is 29.6. The van der Waals surface area contributed by atoms with E-state index in [4.69, 9.17) is 32.8 Å². The van der Waals surface area contributed by atoms with Crippen LogP contribution in [0, 0.1) is 0 Å². The molecule has 15 nitrogen and oxygen atoms in total. The van der Waals surface area contributed by atoms with Crippen molar-refractivity contribution in [2.24, 2.45) is 0 Å². The number of phenolic OH excluding ortho intramolecular Hbond substituents is 1. The molecule has 2 fully saturated rings. The number of aliphatic hydroxyl groups excluding tert-OH is 6. The quantitative estimate of drug-likeness (QED) is 0.154. The van der Waals surface area contributed by atoms with Crippen molar-refractivity contribution in [2.45, 2.75) is 55.3 Å². The number of fused-ring (bicyclic) bond motifs is 2. The maximum Gasteiger partial charge on any atom is 0.229 e. The second kappa shape index (κ2) is 11.6. The molecular formula is C26H30O15. The molecule has 0 saturated carbocycles. The molecule has 0 spiro atoms. The fourth-order valence-corrected chi connectivity index (χ4v) is 4.78. The van der Waals surface area contributed by atoms with Gasteiger partial charge in [-0.2, -0.15) is 0 Å². The monoisotopic (exact) mass is 582 g/mol. The molecular weight excluding hydrogens is 552 g/mol. The highest BCUT2D eigenvalue weighted by molar-refractivity contribution is 5.97. The van der Waals surface area contributed by atoms with Crippen molar-refractivity contribution in [2.75, 3.05) is 27.4 Å². The Morgan fingerprint density at radius 3 is 2.29 bits per heavy atom. The van der Waals surface area contributed by atoms with Gasteiger partial charge in [0.05, 0.1) is 27.4 Å². The highest BCUT2D eigenvalue weighted by Gasteiger charge is 2.46. The molecule has 41 heavy (non-hydrogen) atoms. The Morgan fingerprint density at radius 1 is 0.854 bits per heavy atom. The summed E-state index contributed by atoms with van der Waals surface area (Å²) < 4.78 is 38.5. The van der Waals surface area contributed by atoms with Gasteiger partial charge in [-0.15, -0.1) is 0 Å². The molecule has 0 aliphatic carbocycles. The molecule has 2 aliphatic rings. The predicted molar refractivity (Wildman–Crippen MR) is 136 cm³/mol. The summed E-state index contributed by atoms with van der Waals surface area (Å²) in [6, 6.07) is 5.43. The first-order valence-corrected chi connectivity index (χ1v) is 12.5. The standard InChI is InChI=1S/C26H30O15/c1-35-9-5-13-16(20(31)17-12(39-13)4-3-10(27)24(17)36-2)14(6-9)40-26-23(34)21(32)19(30)15(41-26)8-38-25-22(33)18(29)11(28)7-37-25/h3-6,11,15,18-19,21-23,25-30,32-34H,7-8H2,1-2H3. The van der Waals surface area contributed by atoms with Gasteiger partial charge in [0.1, 0.15) is 76.2 Å². The number of benzene rings is 2. The first-order chi connectivity index (χ1) is 19.5. The van der Waals surface area contributed by atoms with Crippen LogP contribution < -0.4 is 19.6 Å². The SMILES string of the molecule is COc1cc(OC2OC(COC3OCC(O)C(O)C3O)C(O)C(O)C2O)c2c(=O)c3c(OC)c(O)ccc3oc2c1. The molecule has 0 bridgehead atoms. The Balaban J connectivity index is 1.47. The first-order valence-electron chi connectivity index (χ1n) is 12.5. The van der Waals surface area contributed by atoms with Gasteiger partial charge < -0.3 is 68.6 Å². The summed E-state index contributed by atoms with van der Waals surface area (Å²) in [5, 5.41) is 71.2. The molecule has 0 radical (unpaired) electrons. The van der Waals surface area contributed by atoms with Crippen LogP contribution in [0.25, 0.3) is 21.9 Å². The second-order valence-corrected chi connectivity index (χ2v) is 9.64. The summed E-state index contributed by atoms with van der Waals surface area (Å²) in [5.74, 6) is -0.413. The van der Waals surface area contributed by atoms with Gasteiger partial charge in [0.25, 0.3) is 0 Å². The van der Waals surface area contributed by atoms with E-state index in [0.29, 0.717) is 0 Å². The molecule has 3 aromatic rings. The Hall–Kier alpha value is -3.25. The van der Waals surface area contributed by atoms with Crippen molar-refractivity contribution in [1.82, 2.24) is 0 Å². The lowest BCUT2D eigenvalue weighted by atomic mass is 9.99. The maximum atomic E-state index is 13.6. The molecule has 224 valence electrons. The second-order valence-electron chi connectivity index (χ2n) is 9.64. The largest absolute Gasteiger partial charge is 0.504 e. The van der Waals surface area contributed by atoms with E-state index in [1.807, 2.05) is 0 Å². The van der Waals surface area contributed by atoms with E-state index in [1.54, 1.807) is 0 Å². The van der Waals surface area contributed by atoms with E-state index in [1.165, 1.54) is 38.5 Å². The van der Waals surface area contributed by atoms with Crippen LogP contribution in [0.1, 0.15) is 0 Å². The van der Waals surface area contributed by atoms with Crippen LogP contribution in [0.2, 0.25) is 0 Å². The molecule has 9 unspecified atom stereocenters. The van der Waals surface area contributed by atoms with Crippen LogP contribution >= 0.6 is 0 Å². The van der Waals surface area contributed by atoms with Crippen molar-refractivity contribution in [3.63, 3.8) is 0 Å². The van der Waals surface area contributed by atoms with E-state index in [0.717, 1.165) is 0 Å². The smallest absolute Gasteiger partial charge is 0.229 e. The number of rotatable bonds is 7. The van der Waals surface area contributed by atoms with E-state index in [-0.39, 0.29) is 51.5 Å². The molecule has 7 N–H and O–H groups in total. The summed E-state index contributed by atoms with van der Waals surface area (Å²) in [4.78, 5) is 13.6. The minimum Gasteiger partial charge on any atom is -0.504 e. The van der Waals surface area contributed by atoms with Gasteiger partial charge in [0.15, 0.2) is 17.8 Å². The molecule has 5 rings (SSSR count). The zero-order valence-electron chi connectivity index (χ0n) is 21.8. The molecule has 9 atom stereocenters. The predicted octanol–water partition coefficient (Wildman–Crippen LogP) is -1.69.